The minimum absolute atomic E-state index is 0.144. The fourth-order valence-electron chi connectivity index (χ4n) is 4.06. The van der Waals surface area contributed by atoms with Crippen molar-refractivity contribution < 1.29 is 14.3 Å². The predicted octanol–water partition coefficient (Wildman–Crippen LogP) is 5.51. The van der Waals surface area contributed by atoms with E-state index in [1.165, 1.54) is 6.08 Å². The number of nitriles is 1. The van der Waals surface area contributed by atoms with Crippen molar-refractivity contribution in [1.29, 1.82) is 5.26 Å². The Hall–Kier alpha value is -4.11. The van der Waals surface area contributed by atoms with Crippen LogP contribution < -0.4 is 5.32 Å². The molecule has 1 aromatic heterocycles. The molecule has 3 rings (SSSR count). The number of hydrogen-bond donors (Lipinski definition) is 1. The number of nitrogens with zero attached hydrogens (tertiary/aromatic N) is 2. The van der Waals surface area contributed by atoms with Gasteiger partial charge in [-0.05, 0) is 55.0 Å². The molecular formula is C30H33N3O3. The van der Waals surface area contributed by atoms with Crippen LogP contribution in [0.2, 0.25) is 0 Å². The lowest BCUT2D eigenvalue weighted by Crippen LogP contribution is -2.33. The first-order valence-electron chi connectivity index (χ1n) is 12.1. The smallest absolute Gasteiger partial charge is 0.349 e. The van der Waals surface area contributed by atoms with Crippen molar-refractivity contribution in [2.75, 3.05) is 6.61 Å². The zero-order chi connectivity index (χ0) is 26.1. The average molecular weight is 484 g/mol. The van der Waals surface area contributed by atoms with Gasteiger partial charge in [0.05, 0.1) is 6.04 Å². The summed E-state index contributed by atoms with van der Waals surface area (Å²) in [5, 5.41) is 12.5. The van der Waals surface area contributed by atoms with Crippen molar-refractivity contribution in [3.8, 4) is 6.07 Å². The number of benzene rings is 2. The van der Waals surface area contributed by atoms with E-state index in [4.69, 9.17) is 4.74 Å². The van der Waals surface area contributed by atoms with Gasteiger partial charge in [-0.2, -0.15) is 5.26 Å². The van der Waals surface area contributed by atoms with E-state index in [1.807, 2.05) is 86.6 Å². The first-order valence-corrected chi connectivity index (χ1v) is 12.1. The second-order valence-corrected chi connectivity index (χ2v) is 9.23. The summed E-state index contributed by atoms with van der Waals surface area (Å²) in [6, 6.07) is 22.6. The monoisotopic (exact) mass is 483 g/mol. The lowest BCUT2D eigenvalue weighted by Gasteiger charge is -2.19. The molecule has 0 aliphatic rings. The summed E-state index contributed by atoms with van der Waals surface area (Å²) in [4.78, 5) is 25.3. The number of carbonyl (C=O) groups excluding carboxylic acids is 2. The van der Waals surface area contributed by atoms with Crippen molar-refractivity contribution in [2.45, 2.75) is 46.7 Å². The van der Waals surface area contributed by atoms with Crippen LogP contribution in [0.25, 0.3) is 6.08 Å². The molecule has 0 saturated carbocycles. The van der Waals surface area contributed by atoms with Gasteiger partial charge in [0, 0.05) is 17.9 Å². The van der Waals surface area contributed by atoms with Crippen LogP contribution in [0.1, 0.15) is 54.4 Å². The van der Waals surface area contributed by atoms with Gasteiger partial charge in [0.15, 0.2) is 6.61 Å². The number of hydrogen-bond acceptors (Lipinski definition) is 4. The second kappa shape index (κ2) is 12.6. The highest BCUT2D eigenvalue weighted by Crippen LogP contribution is 2.22. The standard InChI is InChI=1S/C30H33N3O3/c1-21(2)15-16-33-22(3)17-26(23(33)4)18-27(19-31)30(35)36-20-28(34)32-29(24-11-7-5-8-12-24)25-13-9-6-10-14-25/h5-14,17-18,21,29H,15-16,20H2,1-4H3,(H,32,34)/b27-18+. The molecule has 0 aliphatic carbocycles. The highest BCUT2D eigenvalue weighted by atomic mass is 16.5. The number of amides is 1. The van der Waals surface area contributed by atoms with Gasteiger partial charge in [0.1, 0.15) is 11.6 Å². The summed E-state index contributed by atoms with van der Waals surface area (Å²) in [5.74, 6) is -0.704. The van der Waals surface area contributed by atoms with E-state index < -0.39 is 18.5 Å². The lowest BCUT2D eigenvalue weighted by molar-refractivity contribution is -0.144. The van der Waals surface area contributed by atoms with Gasteiger partial charge >= 0.3 is 5.97 Å². The number of aromatic nitrogens is 1. The fraction of sp³-hybridized carbons (Fsp3) is 0.300. The maximum absolute atomic E-state index is 12.7. The van der Waals surface area contributed by atoms with Crippen LogP contribution in [0.5, 0.6) is 0 Å². The molecule has 186 valence electrons. The predicted molar refractivity (Wildman–Crippen MR) is 141 cm³/mol. The summed E-state index contributed by atoms with van der Waals surface area (Å²) in [6.07, 6.45) is 2.57. The van der Waals surface area contributed by atoms with Gasteiger partial charge in [-0.25, -0.2) is 4.79 Å². The Bertz CT molecular complexity index is 1210. The summed E-state index contributed by atoms with van der Waals surface area (Å²) < 4.78 is 7.40. The molecule has 36 heavy (non-hydrogen) atoms. The molecule has 0 atom stereocenters. The van der Waals surface area contributed by atoms with Crippen molar-refractivity contribution in [3.63, 3.8) is 0 Å². The molecule has 0 fully saturated rings. The molecule has 1 amide bonds. The minimum atomic E-state index is -0.824. The van der Waals surface area contributed by atoms with Crippen LogP contribution in [0.15, 0.2) is 72.3 Å². The normalized spacial score (nSPS) is 11.4. The fourth-order valence-corrected chi connectivity index (χ4v) is 4.06. The van der Waals surface area contributed by atoms with Crippen molar-refractivity contribution in [1.82, 2.24) is 9.88 Å². The van der Waals surface area contributed by atoms with Gasteiger partial charge < -0.3 is 14.6 Å². The van der Waals surface area contributed by atoms with E-state index in [9.17, 15) is 14.9 Å². The number of rotatable bonds is 10. The number of aryl methyl sites for hydroxylation is 1. The third-order valence-electron chi connectivity index (χ3n) is 6.09. The molecule has 1 heterocycles. The van der Waals surface area contributed by atoms with Crippen LogP contribution >= 0.6 is 0 Å². The average Bonchev–Trinajstić information content (AvgIpc) is 3.15. The SMILES string of the molecule is Cc1cc(/C=C(\C#N)C(=O)OCC(=O)NC(c2ccccc2)c2ccccc2)c(C)n1CCC(C)C. The van der Waals surface area contributed by atoms with E-state index in [0.29, 0.717) is 5.92 Å². The molecule has 6 nitrogen and oxygen atoms in total. The number of esters is 1. The third-order valence-corrected chi connectivity index (χ3v) is 6.09. The number of nitrogens with one attached hydrogen (secondary N) is 1. The Kier molecular flexibility index (Phi) is 9.24. The number of carbonyl (C=O) groups is 2. The van der Waals surface area contributed by atoms with E-state index in [2.05, 4.69) is 23.7 Å². The topological polar surface area (TPSA) is 84.1 Å². The van der Waals surface area contributed by atoms with E-state index in [0.717, 1.165) is 41.0 Å². The largest absolute Gasteiger partial charge is 0.451 e. The Morgan fingerprint density at radius 3 is 2.14 bits per heavy atom. The summed E-state index contributed by atoms with van der Waals surface area (Å²) in [6.45, 7) is 8.73. The molecule has 0 unspecified atom stereocenters. The Labute approximate surface area is 213 Å². The molecule has 1 N–H and O–H groups in total. The number of ether oxygens (including phenoxy) is 1. The van der Waals surface area contributed by atoms with Gasteiger partial charge in [-0.15, -0.1) is 0 Å². The zero-order valence-corrected chi connectivity index (χ0v) is 21.3. The molecule has 2 aromatic carbocycles. The Morgan fingerprint density at radius 2 is 1.61 bits per heavy atom. The van der Waals surface area contributed by atoms with E-state index in [-0.39, 0.29) is 11.6 Å². The molecular weight excluding hydrogens is 450 g/mol. The molecule has 0 saturated heterocycles. The molecule has 0 spiro atoms. The second-order valence-electron chi connectivity index (χ2n) is 9.23. The van der Waals surface area contributed by atoms with Crippen molar-refractivity contribution >= 4 is 18.0 Å². The van der Waals surface area contributed by atoms with Crippen LogP contribution in [0.4, 0.5) is 0 Å². The molecule has 0 bridgehead atoms. The van der Waals surface area contributed by atoms with Crippen LogP contribution in [-0.4, -0.2) is 23.1 Å². The van der Waals surface area contributed by atoms with Gasteiger partial charge in [-0.1, -0.05) is 74.5 Å². The molecule has 6 heteroatoms. The minimum Gasteiger partial charge on any atom is -0.451 e. The summed E-state index contributed by atoms with van der Waals surface area (Å²) in [5.41, 5.74) is 4.52. The summed E-state index contributed by atoms with van der Waals surface area (Å²) in [7, 11) is 0. The van der Waals surface area contributed by atoms with Gasteiger partial charge in [0.2, 0.25) is 0 Å². The van der Waals surface area contributed by atoms with Crippen molar-refractivity contribution in [2.24, 2.45) is 5.92 Å². The molecule has 3 aromatic rings. The maximum Gasteiger partial charge on any atom is 0.349 e. The zero-order valence-electron chi connectivity index (χ0n) is 21.3. The van der Waals surface area contributed by atoms with Gasteiger partial charge in [-0.3, -0.25) is 4.79 Å². The maximum atomic E-state index is 12.7. The van der Waals surface area contributed by atoms with Crippen LogP contribution in [0, 0.1) is 31.1 Å². The third kappa shape index (κ3) is 6.96. The quantitative estimate of drug-likeness (QED) is 0.234. The lowest BCUT2D eigenvalue weighted by atomic mass is 9.99. The first-order chi connectivity index (χ1) is 17.3. The Balaban J connectivity index is 1.68. The van der Waals surface area contributed by atoms with Crippen molar-refractivity contribution in [3.05, 3.63) is 100 Å². The van der Waals surface area contributed by atoms with E-state index in [1.54, 1.807) is 0 Å². The van der Waals surface area contributed by atoms with E-state index >= 15 is 0 Å². The summed E-state index contributed by atoms with van der Waals surface area (Å²) >= 11 is 0. The molecule has 0 aliphatic heterocycles. The van der Waals surface area contributed by atoms with Crippen LogP contribution in [0.3, 0.4) is 0 Å². The molecule has 0 radical (unpaired) electrons. The van der Waals surface area contributed by atoms with Gasteiger partial charge in [0.25, 0.3) is 5.91 Å². The first kappa shape index (κ1) is 26.5. The van der Waals surface area contributed by atoms with Crippen LogP contribution in [-0.2, 0) is 20.9 Å². The highest BCUT2D eigenvalue weighted by Gasteiger charge is 2.19. The Morgan fingerprint density at radius 1 is 1.03 bits per heavy atom. The highest BCUT2D eigenvalue weighted by molar-refractivity contribution is 5.99.